The van der Waals surface area contributed by atoms with Crippen molar-refractivity contribution in [1.29, 1.82) is 5.26 Å². The number of benzene rings is 3. The molecule has 0 fully saturated rings. The van der Waals surface area contributed by atoms with Gasteiger partial charge in [0.15, 0.2) is 0 Å². The van der Waals surface area contributed by atoms with Crippen LogP contribution in [0.15, 0.2) is 60.7 Å². The first-order valence-corrected chi connectivity index (χ1v) is 8.06. The molecular formula is C22H14ClNO. The van der Waals surface area contributed by atoms with E-state index in [-0.39, 0.29) is 6.61 Å². The largest absolute Gasteiger partial charge is 0.480 e. The lowest BCUT2D eigenvalue weighted by Gasteiger charge is -2.11. The molecule has 0 atom stereocenters. The predicted octanol–water partition coefficient (Wildman–Crippen LogP) is 5.57. The lowest BCUT2D eigenvalue weighted by Crippen LogP contribution is -1.96. The number of hydrogen-bond acceptors (Lipinski definition) is 2. The predicted molar refractivity (Wildman–Crippen MR) is 103 cm³/mol. The lowest BCUT2D eigenvalue weighted by atomic mass is 9.98. The Morgan fingerprint density at radius 3 is 2.56 bits per heavy atom. The number of hydrogen-bond donors (Lipinski definition) is 0. The number of allylic oxidation sites excluding steroid dienone is 1. The Balaban J connectivity index is 2.19. The third-order valence-electron chi connectivity index (χ3n) is 3.81. The molecule has 0 N–H and O–H groups in total. The number of nitriles is 1. The first kappa shape index (κ1) is 16.7. The number of halogens is 1. The van der Waals surface area contributed by atoms with Crippen molar-refractivity contribution in [3.8, 4) is 24.2 Å². The van der Waals surface area contributed by atoms with Gasteiger partial charge in [-0.25, -0.2) is 0 Å². The lowest BCUT2D eigenvalue weighted by molar-refractivity contribution is 0.370. The molecule has 0 bridgehead atoms. The van der Waals surface area contributed by atoms with E-state index in [0.29, 0.717) is 16.3 Å². The van der Waals surface area contributed by atoms with Gasteiger partial charge in [-0.1, -0.05) is 60.0 Å². The molecule has 3 aromatic carbocycles. The van der Waals surface area contributed by atoms with Crippen molar-refractivity contribution in [1.82, 2.24) is 0 Å². The molecular weight excluding hydrogens is 330 g/mol. The number of terminal acetylenes is 1. The molecule has 3 aromatic rings. The zero-order chi connectivity index (χ0) is 17.6. The highest BCUT2D eigenvalue weighted by molar-refractivity contribution is 6.30. The molecule has 0 heterocycles. The van der Waals surface area contributed by atoms with Crippen molar-refractivity contribution < 1.29 is 4.74 Å². The van der Waals surface area contributed by atoms with Gasteiger partial charge < -0.3 is 4.74 Å². The standard InChI is InChI=1S/C22H14ClNO/c1-2-13-25-22-12-9-17-5-3-4-6-20(17)21(22)14-18(15-24)16-7-10-19(23)11-8-16/h1,3-12,14H,13H2/b18-14+. The second-order valence-electron chi connectivity index (χ2n) is 5.37. The van der Waals surface area contributed by atoms with Crippen LogP contribution in [0.3, 0.4) is 0 Å². The molecule has 0 saturated carbocycles. The minimum absolute atomic E-state index is 0.169. The Bertz CT molecular complexity index is 1020. The van der Waals surface area contributed by atoms with Crippen LogP contribution in [0.4, 0.5) is 0 Å². The fourth-order valence-electron chi connectivity index (χ4n) is 2.62. The fourth-order valence-corrected chi connectivity index (χ4v) is 2.75. The van der Waals surface area contributed by atoms with E-state index < -0.39 is 0 Å². The van der Waals surface area contributed by atoms with Crippen molar-refractivity contribution in [3.05, 3.63) is 76.8 Å². The number of rotatable bonds is 4. The van der Waals surface area contributed by atoms with Crippen LogP contribution in [0.25, 0.3) is 22.4 Å². The Hall–Kier alpha value is -3.20. The van der Waals surface area contributed by atoms with E-state index in [4.69, 9.17) is 22.8 Å². The molecule has 0 aliphatic heterocycles. The summed E-state index contributed by atoms with van der Waals surface area (Å²) in [5.74, 6) is 3.13. The van der Waals surface area contributed by atoms with Gasteiger partial charge in [-0.15, -0.1) is 6.42 Å². The minimum atomic E-state index is 0.169. The molecule has 0 aromatic heterocycles. The Morgan fingerprint density at radius 2 is 1.84 bits per heavy atom. The van der Waals surface area contributed by atoms with Crippen LogP contribution in [-0.2, 0) is 0 Å². The zero-order valence-electron chi connectivity index (χ0n) is 13.4. The molecule has 2 nitrogen and oxygen atoms in total. The van der Waals surface area contributed by atoms with Crippen LogP contribution in [0.5, 0.6) is 5.75 Å². The molecule has 0 aliphatic carbocycles. The third-order valence-corrected chi connectivity index (χ3v) is 4.06. The second-order valence-corrected chi connectivity index (χ2v) is 5.80. The van der Waals surface area contributed by atoms with Crippen molar-refractivity contribution >= 4 is 34.0 Å². The molecule has 120 valence electrons. The second kappa shape index (κ2) is 7.58. The molecule has 0 radical (unpaired) electrons. The molecule has 3 heteroatoms. The average molecular weight is 344 g/mol. The minimum Gasteiger partial charge on any atom is -0.480 e. The summed E-state index contributed by atoms with van der Waals surface area (Å²) in [4.78, 5) is 0. The van der Waals surface area contributed by atoms with Crippen LogP contribution in [-0.4, -0.2) is 6.61 Å². The van der Waals surface area contributed by atoms with E-state index in [1.54, 1.807) is 12.1 Å². The molecule has 0 aliphatic rings. The van der Waals surface area contributed by atoms with Gasteiger partial charge in [-0.2, -0.15) is 5.26 Å². The summed E-state index contributed by atoms with van der Waals surface area (Å²) < 4.78 is 5.68. The van der Waals surface area contributed by atoms with Gasteiger partial charge in [0.05, 0.1) is 11.6 Å². The highest BCUT2D eigenvalue weighted by Crippen LogP contribution is 2.32. The molecule has 3 rings (SSSR count). The third kappa shape index (κ3) is 3.66. The van der Waals surface area contributed by atoms with Gasteiger partial charge in [-0.05, 0) is 40.6 Å². The van der Waals surface area contributed by atoms with E-state index >= 15 is 0 Å². The van der Waals surface area contributed by atoms with E-state index in [1.807, 2.05) is 54.6 Å². The monoisotopic (exact) mass is 343 g/mol. The van der Waals surface area contributed by atoms with Gasteiger partial charge in [0.1, 0.15) is 12.4 Å². The highest BCUT2D eigenvalue weighted by atomic mass is 35.5. The smallest absolute Gasteiger partial charge is 0.148 e. The quantitative estimate of drug-likeness (QED) is 0.352. The van der Waals surface area contributed by atoms with Crippen LogP contribution < -0.4 is 4.74 Å². The van der Waals surface area contributed by atoms with E-state index in [2.05, 4.69) is 12.0 Å². The molecule has 25 heavy (non-hydrogen) atoms. The normalized spacial score (nSPS) is 10.9. The molecule has 0 spiro atoms. The fraction of sp³-hybridized carbons (Fsp3) is 0.0455. The topological polar surface area (TPSA) is 33.0 Å². The first-order valence-electron chi connectivity index (χ1n) is 7.68. The highest BCUT2D eigenvalue weighted by Gasteiger charge is 2.09. The summed E-state index contributed by atoms with van der Waals surface area (Å²) in [7, 11) is 0. The van der Waals surface area contributed by atoms with Crippen LogP contribution >= 0.6 is 11.6 Å². The molecule has 0 amide bonds. The SMILES string of the molecule is C#CCOc1ccc2ccccc2c1/C=C(\C#N)c1ccc(Cl)cc1. The number of fused-ring (bicyclic) bond motifs is 1. The van der Waals surface area contributed by atoms with E-state index in [0.717, 1.165) is 21.9 Å². The Kier molecular flexibility index (Phi) is 5.05. The Morgan fingerprint density at radius 1 is 1.08 bits per heavy atom. The average Bonchev–Trinajstić information content (AvgIpc) is 2.65. The van der Waals surface area contributed by atoms with Crippen molar-refractivity contribution in [3.63, 3.8) is 0 Å². The summed E-state index contributed by atoms with van der Waals surface area (Å²) in [5.41, 5.74) is 2.15. The van der Waals surface area contributed by atoms with Crippen LogP contribution in [0.2, 0.25) is 5.02 Å². The van der Waals surface area contributed by atoms with Crippen molar-refractivity contribution in [2.45, 2.75) is 0 Å². The first-order chi connectivity index (χ1) is 12.2. The summed E-state index contributed by atoms with van der Waals surface area (Å²) in [6, 6.07) is 21.2. The summed E-state index contributed by atoms with van der Waals surface area (Å²) in [5, 5.41) is 12.3. The maximum Gasteiger partial charge on any atom is 0.148 e. The Labute approximate surface area is 151 Å². The van der Waals surface area contributed by atoms with Crippen molar-refractivity contribution in [2.75, 3.05) is 6.61 Å². The maximum atomic E-state index is 9.62. The van der Waals surface area contributed by atoms with Gasteiger partial charge in [-0.3, -0.25) is 0 Å². The van der Waals surface area contributed by atoms with Gasteiger partial charge >= 0.3 is 0 Å². The molecule has 0 unspecified atom stereocenters. The van der Waals surface area contributed by atoms with Gasteiger partial charge in [0, 0.05) is 10.6 Å². The number of nitrogens with zero attached hydrogens (tertiary/aromatic N) is 1. The van der Waals surface area contributed by atoms with Gasteiger partial charge in [0.2, 0.25) is 0 Å². The van der Waals surface area contributed by atoms with Crippen LogP contribution in [0, 0.1) is 23.7 Å². The molecule has 0 saturated heterocycles. The summed E-state index contributed by atoms with van der Waals surface area (Å²) in [6.45, 7) is 0.169. The number of ether oxygens (including phenoxy) is 1. The van der Waals surface area contributed by atoms with E-state index in [1.165, 1.54) is 0 Å². The maximum absolute atomic E-state index is 9.62. The van der Waals surface area contributed by atoms with E-state index in [9.17, 15) is 5.26 Å². The van der Waals surface area contributed by atoms with Gasteiger partial charge in [0.25, 0.3) is 0 Å². The van der Waals surface area contributed by atoms with Crippen molar-refractivity contribution in [2.24, 2.45) is 0 Å². The van der Waals surface area contributed by atoms with Crippen LogP contribution in [0.1, 0.15) is 11.1 Å². The summed E-state index contributed by atoms with van der Waals surface area (Å²) >= 11 is 5.94. The zero-order valence-corrected chi connectivity index (χ0v) is 14.1. The summed E-state index contributed by atoms with van der Waals surface area (Å²) in [6.07, 6.45) is 7.15.